The van der Waals surface area contributed by atoms with Crippen LogP contribution in [0.25, 0.3) is 0 Å². The lowest BCUT2D eigenvalue weighted by Gasteiger charge is -2.16. The summed E-state index contributed by atoms with van der Waals surface area (Å²) in [4.78, 5) is 0. The van der Waals surface area contributed by atoms with Crippen LogP contribution < -0.4 is 5.43 Å². The number of rotatable bonds is 2. The maximum atomic E-state index is 4.48. The average molecular weight is 285 g/mol. The van der Waals surface area contributed by atoms with Crippen molar-refractivity contribution in [3.05, 3.63) is 0 Å². The molecule has 0 saturated heterocycles. The molecular formula is C14H29N4S+. The summed E-state index contributed by atoms with van der Waals surface area (Å²) in [7, 11) is 0. The Labute approximate surface area is 122 Å². The van der Waals surface area contributed by atoms with Gasteiger partial charge in [-0.3, -0.25) is 0 Å². The topological polar surface area (TPSA) is 53.7 Å². The Hall–Kier alpha value is -0.680. The first-order chi connectivity index (χ1) is 8.48. The average Bonchev–Trinajstić information content (AvgIpc) is 2.25. The molecule has 4 nitrogen and oxygen atoms in total. The minimum absolute atomic E-state index is 0.0532. The van der Waals surface area contributed by atoms with Crippen LogP contribution in [0.4, 0.5) is 0 Å². The second kappa shape index (κ2) is 7.20. The van der Waals surface area contributed by atoms with Crippen LogP contribution in [-0.2, 0) is 0 Å². The molecule has 0 aliphatic heterocycles. The second-order valence-electron chi connectivity index (χ2n) is 6.67. The molecule has 5 heteroatoms. The lowest BCUT2D eigenvalue weighted by molar-refractivity contribution is -0.540. The third-order valence-electron chi connectivity index (χ3n) is 3.05. The van der Waals surface area contributed by atoms with E-state index < -0.39 is 0 Å². The van der Waals surface area contributed by atoms with Crippen LogP contribution in [0.3, 0.4) is 0 Å². The molecule has 0 aromatic heterocycles. The molecule has 0 radical (unpaired) electrons. The predicted molar refractivity (Wildman–Crippen MR) is 88.0 cm³/mol. The molecule has 0 aliphatic carbocycles. The van der Waals surface area contributed by atoms with E-state index >= 15 is 0 Å². The van der Waals surface area contributed by atoms with Crippen molar-refractivity contribution < 1.29 is 5.43 Å². The van der Waals surface area contributed by atoms with Crippen molar-refractivity contribution in [1.29, 1.82) is 0 Å². The first-order valence-electron chi connectivity index (χ1n) is 6.53. The van der Waals surface area contributed by atoms with E-state index in [9.17, 15) is 0 Å². The molecule has 2 N–H and O–H groups in total. The number of nitrogens with zero attached hydrogens (tertiary/aromatic N) is 3. The van der Waals surface area contributed by atoms with Crippen LogP contribution in [0, 0.1) is 10.8 Å². The van der Waals surface area contributed by atoms with Gasteiger partial charge in [0.2, 0.25) is 0 Å². The van der Waals surface area contributed by atoms with E-state index in [-0.39, 0.29) is 10.8 Å². The summed E-state index contributed by atoms with van der Waals surface area (Å²) in [5.41, 5.74) is 4.04. The zero-order valence-electron chi connectivity index (χ0n) is 13.8. The number of amidine groups is 1. The molecule has 19 heavy (non-hydrogen) atoms. The van der Waals surface area contributed by atoms with E-state index in [1.54, 1.807) is 17.2 Å². The van der Waals surface area contributed by atoms with Crippen molar-refractivity contribution in [2.24, 2.45) is 26.1 Å². The number of nitrogens with two attached hydrogens (primary N) is 1. The number of hydrogen-bond donors (Lipinski definition) is 1. The SMILES string of the molecule is CSC(=NN=C(C)C(C)(C)C)[NH2+]N=C(C)C(C)(C)C. The van der Waals surface area contributed by atoms with Crippen LogP contribution in [0.1, 0.15) is 55.4 Å². The zero-order chi connectivity index (χ0) is 15.3. The molecule has 0 fully saturated rings. The molecule has 0 spiro atoms. The fourth-order valence-corrected chi connectivity index (χ4v) is 1.02. The Kier molecular flexibility index (Phi) is 6.94. The third kappa shape index (κ3) is 7.47. The molecule has 0 heterocycles. The normalized spacial score (nSPS) is 15.9. The van der Waals surface area contributed by atoms with Crippen molar-refractivity contribution in [2.75, 3.05) is 6.26 Å². The number of thioether (sulfide) groups is 1. The summed E-state index contributed by atoms with van der Waals surface area (Å²) < 4.78 is 0. The minimum atomic E-state index is 0.0532. The van der Waals surface area contributed by atoms with Crippen LogP contribution in [0.15, 0.2) is 15.3 Å². The van der Waals surface area contributed by atoms with Crippen molar-refractivity contribution in [3.63, 3.8) is 0 Å². The van der Waals surface area contributed by atoms with E-state index in [1.165, 1.54) is 0 Å². The molecule has 0 bridgehead atoms. The van der Waals surface area contributed by atoms with Gasteiger partial charge in [0, 0.05) is 16.5 Å². The molecule has 0 aliphatic rings. The van der Waals surface area contributed by atoms with Gasteiger partial charge in [-0.15, -0.1) is 0 Å². The highest BCUT2D eigenvalue weighted by molar-refractivity contribution is 8.12. The Balaban J connectivity index is 4.88. The van der Waals surface area contributed by atoms with Gasteiger partial charge in [0.25, 0.3) is 0 Å². The van der Waals surface area contributed by atoms with Crippen molar-refractivity contribution in [1.82, 2.24) is 0 Å². The van der Waals surface area contributed by atoms with Gasteiger partial charge in [-0.2, -0.15) is 10.5 Å². The van der Waals surface area contributed by atoms with Crippen LogP contribution in [0.2, 0.25) is 0 Å². The highest BCUT2D eigenvalue weighted by Crippen LogP contribution is 2.16. The second-order valence-corrected chi connectivity index (χ2v) is 7.50. The summed E-state index contributed by atoms with van der Waals surface area (Å²) in [6.07, 6.45) is 1.99. The van der Waals surface area contributed by atoms with E-state index in [0.717, 1.165) is 16.6 Å². The van der Waals surface area contributed by atoms with Crippen LogP contribution >= 0.6 is 11.8 Å². The fraction of sp³-hybridized carbons (Fsp3) is 0.786. The molecule has 0 amide bonds. The lowest BCUT2D eigenvalue weighted by atomic mass is 9.91. The highest BCUT2D eigenvalue weighted by Gasteiger charge is 2.17. The summed E-state index contributed by atoms with van der Waals surface area (Å²) in [5.74, 6) is 0. The maximum Gasteiger partial charge on any atom is 0.305 e. The molecule has 0 aromatic rings. The van der Waals surface area contributed by atoms with Gasteiger partial charge in [0.1, 0.15) is 0 Å². The molecule has 0 rings (SSSR count). The highest BCUT2D eigenvalue weighted by atomic mass is 32.2. The quantitative estimate of drug-likeness (QED) is 0.360. The summed E-state index contributed by atoms with van der Waals surface area (Å²) in [6, 6.07) is 0. The number of hydrogen-bond acceptors (Lipinski definition) is 4. The van der Waals surface area contributed by atoms with E-state index in [2.05, 4.69) is 56.8 Å². The van der Waals surface area contributed by atoms with E-state index in [1.807, 2.05) is 20.1 Å². The van der Waals surface area contributed by atoms with Crippen molar-refractivity contribution in [3.8, 4) is 0 Å². The van der Waals surface area contributed by atoms with Gasteiger partial charge in [-0.05, 0) is 31.9 Å². The Bertz CT molecular complexity index is 381. The molecule has 110 valence electrons. The predicted octanol–water partition coefficient (Wildman–Crippen LogP) is 3.11. The van der Waals surface area contributed by atoms with Gasteiger partial charge >= 0.3 is 5.17 Å². The molecule has 0 atom stereocenters. The first kappa shape index (κ1) is 18.3. The van der Waals surface area contributed by atoms with Crippen molar-refractivity contribution in [2.45, 2.75) is 55.4 Å². The van der Waals surface area contributed by atoms with Gasteiger partial charge < -0.3 is 0 Å². The molecule has 0 saturated carbocycles. The Morgan fingerprint density at radius 3 is 1.68 bits per heavy atom. The summed E-state index contributed by atoms with van der Waals surface area (Å²) in [5, 5.41) is 13.9. The zero-order valence-corrected chi connectivity index (χ0v) is 14.6. The standard InChI is InChI=1S/C14H28N4S/c1-10(13(3,4)5)15-17-12(19-9)18-16-11(2)14(6,7)8/h1-9H3,(H,17,18)/p+1. The lowest BCUT2D eigenvalue weighted by Crippen LogP contribution is -2.81. The van der Waals surface area contributed by atoms with E-state index in [4.69, 9.17) is 0 Å². The fourth-order valence-electron chi connectivity index (χ4n) is 0.739. The maximum absolute atomic E-state index is 4.48. The largest absolute Gasteiger partial charge is 0.305 e. The third-order valence-corrected chi connectivity index (χ3v) is 3.65. The van der Waals surface area contributed by atoms with Gasteiger partial charge in [-0.1, -0.05) is 51.7 Å². The monoisotopic (exact) mass is 285 g/mol. The Morgan fingerprint density at radius 2 is 1.32 bits per heavy atom. The summed E-state index contributed by atoms with van der Waals surface area (Å²) >= 11 is 1.56. The first-order valence-corrected chi connectivity index (χ1v) is 7.75. The smallest absolute Gasteiger partial charge is 0.165 e. The van der Waals surface area contributed by atoms with Gasteiger partial charge in [0.05, 0.1) is 5.71 Å². The summed E-state index contributed by atoms with van der Waals surface area (Å²) in [6.45, 7) is 16.9. The molecule has 0 unspecified atom stereocenters. The van der Waals surface area contributed by atoms with E-state index in [0.29, 0.717) is 0 Å². The molecule has 0 aromatic carbocycles. The number of quaternary nitrogens is 1. The van der Waals surface area contributed by atoms with Gasteiger partial charge in [-0.25, -0.2) is 0 Å². The Morgan fingerprint density at radius 1 is 0.842 bits per heavy atom. The van der Waals surface area contributed by atoms with Crippen molar-refractivity contribution >= 4 is 28.4 Å². The van der Waals surface area contributed by atoms with Crippen LogP contribution in [0.5, 0.6) is 0 Å². The van der Waals surface area contributed by atoms with Gasteiger partial charge in [0.15, 0.2) is 0 Å². The minimum Gasteiger partial charge on any atom is -0.165 e. The van der Waals surface area contributed by atoms with Crippen LogP contribution in [-0.4, -0.2) is 22.8 Å². The molecular weight excluding hydrogens is 256 g/mol.